The minimum atomic E-state index is -3.79. The van der Waals surface area contributed by atoms with Crippen LogP contribution in [0.15, 0.2) is 77.2 Å². The first-order valence-corrected chi connectivity index (χ1v) is 18.4. The van der Waals surface area contributed by atoms with Gasteiger partial charge in [0.05, 0.1) is 46.3 Å². The number of carbonyl (C=O) groups is 1. The molecule has 1 amide bonds. The number of nitrogens with zero attached hydrogens (tertiary/aromatic N) is 5. The van der Waals surface area contributed by atoms with E-state index in [-0.39, 0.29) is 30.9 Å². The normalized spacial score (nSPS) is 16.8. The topological polar surface area (TPSA) is 113 Å². The van der Waals surface area contributed by atoms with Crippen LogP contribution in [0, 0.1) is 12.7 Å². The molecule has 1 aliphatic heterocycles. The average molecular weight is 727 g/mol. The number of likely N-dealkylation sites (tertiary alicyclic amines) is 1. The van der Waals surface area contributed by atoms with Gasteiger partial charge in [0.1, 0.15) is 40.8 Å². The highest BCUT2D eigenvalue weighted by Gasteiger charge is 2.34. The SMILES string of the molecule is CNC(=O)c1c(-c2ccc(C)cc2)oc2cc(N(C)S(C)(=O)=O)c(-c3ccc4nc(CN5C[C@H](F)[C@@H](F)C5)n5c6cccc(F)c6cc5c4n3)cc12. The maximum absolute atomic E-state index is 15.2. The summed E-state index contributed by atoms with van der Waals surface area (Å²) >= 11 is 0. The zero-order chi connectivity index (χ0) is 36.6. The number of rotatable bonds is 7. The molecule has 0 radical (unpaired) electrons. The van der Waals surface area contributed by atoms with Crippen LogP contribution in [-0.4, -0.2) is 79.4 Å². The fourth-order valence-corrected chi connectivity index (χ4v) is 7.49. The molecular formula is C38H33F3N6O4S. The molecule has 5 heterocycles. The average Bonchev–Trinajstić information content (AvgIpc) is 3.80. The summed E-state index contributed by atoms with van der Waals surface area (Å²) in [6, 6.07) is 20.5. The van der Waals surface area contributed by atoms with Crippen LogP contribution in [0.3, 0.4) is 0 Å². The number of sulfonamides is 1. The highest BCUT2D eigenvalue weighted by atomic mass is 32.2. The van der Waals surface area contributed by atoms with Gasteiger partial charge in [-0.1, -0.05) is 35.9 Å². The number of nitrogens with one attached hydrogen (secondary N) is 1. The van der Waals surface area contributed by atoms with E-state index < -0.39 is 34.1 Å². The summed E-state index contributed by atoms with van der Waals surface area (Å²) in [7, 11) is -0.856. The molecule has 52 heavy (non-hydrogen) atoms. The van der Waals surface area contributed by atoms with E-state index in [1.54, 1.807) is 51.8 Å². The fourth-order valence-electron chi connectivity index (χ4n) is 6.98. The predicted molar refractivity (Wildman–Crippen MR) is 195 cm³/mol. The van der Waals surface area contributed by atoms with E-state index in [1.807, 2.05) is 31.2 Å². The first kappa shape index (κ1) is 33.7. The molecule has 7 aromatic rings. The summed E-state index contributed by atoms with van der Waals surface area (Å²) < 4.78 is 78.7. The number of benzene rings is 3. The number of furan rings is 1. The number of carbonyl (C=O) groups excluding carboxylic acids is 1. The molecule has 1 N–H and O–H groups in total. The molecule has 14 heteroatoms. The van der Waals surface area contributed by atoms with E-state index >= 15 is 4.39 Å². The summed E-state index contributed by atoms with van der Waals surface area (Å²) in [4.78, 5) is 24.9. The van der Waals surface area contributed by atoms with Crippen molar-refractivity contribution < 1.29 is 30.8 Å². The van der Waals surface area contributed by atoms with E-state index in [0.717, 1.165) is 16.1 Å². The van der Waals surface area contributed by atoms with E-state index in [0.29, 0.717) is 66.8 Å². The lowest BCUT2D eigenvalue weighted by Crippen LogP contribution is -2.25. The Bertz CT molecular complexity index is 2680. The van der Waals surface area contributed by atoms with Crippen LogP contribution < -0.4 is 9.62 Å². The molecule has 4 aromatic heterocycles. The molecule has 0 spiro atoms. The Kier molecular flexibility index (Phi) is 7.99. The van der Waals surface area contributed by atoms with Gasteiger partial charge < -0.3 is 9.73 Å². The Morgan fingerprint density at radius 2 is 1.71 bits per heavy atom. The van der Waals surface area contributed by atoms with Crippen molar-refractivity contribution >= 4 is 60.0 Å². The number of hydrogen-bond acceptors (Lipinski definition) is 7. The number of aryl methyl sites for hydroxylation is 1. The molecule has 0 saturated carbocycles. The number of alkyl halides is 2. The zero-order valence-corrected chi connectivity index (χ0v) is 29.4. The first-order valence-electron chi connectivity index (χ1n) is 16.6. The van der Waals surface area contributed by atoms with Crippen molar-refractivity contribution in [3.63, 3.8) is 0 Å². The van der Waals surface area contributed by atoms with Crippen molar-refractivity contribution in [1.29, 1.82) is 0 Å². The van der Waals surface area contributed by atoms with Crippen molar-refractivity contribution in [2.24, 2.45) is 0 Å². The number of aromatic nitrogens is 3. The van der Waals surface area contributed by atoms with E-state index in [9.17, 15) is 22.0 Å². The minimum Gasteiger partial charge on any atom is -0.455 e. The lowest BCUT2D eigenvalue weighted by molar-refractivity contribution is 0.0964. The lowest BCUT2D eigenvalue weighted by atomic mass is 10.00. The van der Waals surface area contributed by atoms with Crippen LogP contribution in [0.2, 0.25) is 0 Å². The molecule has 1 aliphatic rings. The Labute approximate surface area is 296 Å². The van der Waals surface area contributed by atoms with Gasteiger partial charge in [0, 0.05) is 55.2 Å². The van der Waals surface area contributed by atoms with Crippen molar-refractivity contribution in [1.82, 2.24) is 24.6 Å². The second-order valence-electron chi connectivity index (χ2n) is 13.2. The smallest absolute Gasteiger partial charge is 0.255 e. The third kappa shape index (κ3) is 5.53. The van der Waals surface area contributed by atoms with E-state index in [1.165, 1.54) is 20.2 Å². The van der Waals surface area contributed by atoms with Gasteiger partial charge in [-0.25, -0.2) is 31.6 Å². The molecule has 0 aliphatic carbocycles. The van der Waals surface area contributed by atoms with Crippen molar-refractivity contribution in [2.75, 3.05) is 37.7 Å². The summed E-state index contributed by atoms with van der Waals surface area (Å²) in [6.07, 6.45) is -2.14. The molecule has 10 nitrogen and oxygen atoms in total. The van der Waals surface area contributed by atoms with Crippen molar-refractivity contribution in [3.8, 4) is 22.6 Å². The molecule has 2 atom stereocenters. The highest BCUT2D eigenvalue weighted by molar-refractivity contribution is 7.92. The van der Waals surface area contributed by atoms with Gasteiger partial charge >= 0.3 is 0 Å². The second-order valence-corrected chi connectivity index (χ2v) is 15.2. The standard InChI is InChI=1S/C38H33F3N6O4S/c1-20-8-10-21(11-9-20)37-35(38(48)42-2)24-14-23(31(16-33(24)51-37)45(3)52(4,49)50)28-12-13-29-36(44-28)32-15-22-25(39)6-5-7-30(22)47(32)34(43-29)19-46-17-26(40)27(41)18-46/h5-16,26-27H,17-19H2,1-4H3,(H,42,48)/t26-,27-/m0/s1. The Morgan fingerprint density at radius 3 is 2.40 bits per heavy atom. The van der Waals surface area contributed by atoms with Crippen LogP contribution in [0.25, 0.3) is 61.0 Å². The van der Waals surface area contributed by atoms with Crippen LogP contribution in [0.1, 0.15) is 21.7 Å². The summed E-state index contributed by atoms with van der Waals surface area (Å²) in [5.41, 5.74) is 5.07. The van der Waals surface area contributed by atoms with Crippen LogP contribution >= 0.6 is 0 Å². The van der Waals surface area contributed by atoms with Crippen molar-refractivity contribution in [2.45, 2.75) is 25.8 Å². The molecule has 8 rings (SSSR count). The summed E-state index contributed by atoms with van der Waals surface area (Å²) in [5, 5.41) is 3.45. The van der Waals surface area contributed by atoms with Gasteiger partial charge in [0.25, 0.3) is 5.91 Å². The Morgan fingerprint density at radius 1 is 0.981 bits per heavy atom. The third-order valence-corrected chi connectivity index (χ3v) is 10.9. The van der Waals surface area contributed by atoms with Crippen molar-refractivity contribution in [3.05, 3.63) is 95.6 Å². The van der Waals surface area contributed by atoms with Gasteiger partial charge in [-0.3, -0.25) is 18.4 Å². The third-order valence-electron chi connectivity index (χ3n) is 9.73. The predicted octanol–water partition coefficient (Wildman–Crippen LogP) is 6.81. The zero-order valence-electron chi connectivity index (χ0n) is 28.6. The van der Waals surface area contributed by atoms with Gasteiger partial charge in [-0.2, -0.15) is 0 Å². The summed E-state index contributed by atoms with van der Waals surface area (Å²) in [5.74, 6) is -0.0797. The Hall–Kier alpha value is -5.47. The van der Waals surface area contributed by atoms with Crippen LogP contribution in [0.5, 0.6) is 0 Å². The molecular weight excluding hydrogens is 694 g/mol. The first-order chi connectivity index (χ1) is 24.8. The van der Waals surface area contributed by atoms with Gasteiger partial charge in [0.2, 0.25) is 10.0 Å². The molecule has 1 saturated heterocycles. The largest absolute Gasteiger partial charge is 0.455 e. The van der Waals surface area contributed by atoms with Gasteiger partial charge in [0.15, 0.2) is 0 Å². The molecule has 0 unspecified atom stereocenters. The maximum Gasteiger partial charge on any atom is 0.255 e. The quantitative estimate of drug-likeness (QED) is 0.192. The molecule has 0 bridgehead atoms. The Balaban J connectivity index is 1.39. The number of halogens is 3. The molecule has 3 aromatic carbocycles. The molecule has 1 fully saturated rings. The summed E-state index contributed by atoms with van der Waals surface area (Å²) in [6.45, 7) is 1.87. The minimum absolute atomic E-state index is 0.0933. The van der Waals surface area contributed by atoms with Gasteiger partial charge in [-0.15, -0.1) is 0 Å². The maximum atomic E-state index is 15.2. The number of anilines is 1. The van der Waals surface area contributed by atoms with Crippen LogP contribution in [0.4, 0.5) is 18.9 Å². The fraction of sp³-hybridized carbons (Fsp3) is 0.237. The van der Waals surface area contributed by atoms with E-state index in [4.69, 9.17) is 14.4 Å². The van der Waals surface area contributed by atoms with Crippen LogP contribution in [-0.2, 0) is 16.6 Å². The number of hydrogen-bond donors (Lipinski definition) is 1. The lowest BCUT2D eigenvalue weighted by Gasteiger charge is -2.21. The van der Waals surface area contributed by atoms with E-state index in [2.05, 4.69) is 5.32 Å². The van der Waals surface area contributed by atoms with Gasteiger partial charge in [-0.05, 0) is 43.3 Å². The number of pyridine rings is 1. The number of fused-ring (bicyclic) bond motifs is 6. The highest BCUT2D eigenvalue weighted by Crippen LogP contribution is 2.42. The number of amides is 1. The molecule has 266 valence electrons. The second kappa shape index (κ2) is 12.3. The monoisotopic (exact) mass is 726 g/mol.